The number of rotatable bonds is 0. The van der Waals surface area contributed by atoms with Crippen LogP contribution < -0.4 is 0 Å². The summed E-state index contributed by atoms with van der Waals surface area (Å²) in [6, 6.07) is 7.84. The summed E-state index contributed by atoms with van der Waals surface area (Å²) >= 11 is 0. The second-order valence-electron chi connectivity index (χ2n) is 2.99. The van der Waals surface area contributed by atoms with Gasteiger partial charge in [-0.2, -0.15) is 8.42 Å². The molecule has 1 aliphatic carbocycles. The average Bonchev–Trinajstić information content (AvgIpc) is 2.46. The summed E-state index contributed by atoms with van der Waals surface area (Å²) in [6.07, 6.45) is 1.65. The molecule has 0 saturated heterocycles. The monoisotopic (exact) mass is 248 g/mol. The summed E-state index contributed by atoms with van der Waals surface area (Å²) in [7, 11) is -0.137. The molecule has 1 aromatic carbocycles. The van der Waals surface area contributed by atoms with E-state index >= 15 is 0 Å². The minimum Gasteiger partial charge on any atom is -0.294 e. The molecular formula is C9H9ClO4S. The number of hydrogen-bond acceptors (Lipinski definition) is 3. The lowest BCUT2D eigenvalue weighted by Crippen LogP contribution is -1.88. The van der Waals surface area contributed by atoms with Crippen molar-refractivity contribution in [2.75, 3.05) is 0 Å². The topological polar surface area (TPSA) is 71.4 Å². The second kappa shape index (κ2) is 4.74. The Hall–Kier alpha value is -0.910. The van der Waals surface area contributed by atoms with Gasteiger partial charge in [0.05, 0.1) is 0 Å². The number of benzene rings is 1. The van der Waals surface area contributed by atoms with E-state index in [1.807, 2.05) is 24.3 Å². The zero-order valence-electron chi connectivity index (χ0n) is 7.68. The first-order valence-corrected chi connectivity index (χ1v) is 6.43. The molecule has 0 amide bonds. The maximum Gasteiger partial charge on any atom is 0.353 e. The Balaban J connectivity index is 0.000000195. The number of fused-ring (bicyclic) bond motifs is 1. The molecular weight excluding hydrogens is 240 g/mol. The standard InChI is InChI=1S/C9H8O.ClHO3S/c10-9-6-5-7-3-1-2-4-8(7)9;1-5(2,3)4/h1-4H,5-6H2;(H,2,3,4). The van der Waals surface area contributed by atoms with Crippen LogP contribution in [0.4, 0.5) is 0 Å². The number of ketones is 1. The Morgan fingerprint density at radius 2 is 1.73 bits per heavy atom. The minimum atomic E-state index is -4.19. The van der Waals surface area contributed by atoms with Crippen molar-refractivity contribution >= 4 is 25.8 Å². The zero-order valence-corrected chi connectivity index (χ0v) is 9.25. The van der Waals surface area contributed by atoms with Gasteiger partial charge in [-0.25, -0.2) is 0 Å². The third-order valence-electron chi connectivity index (χ3n) is 1.94. The van der Waals surface area contributed by atoms with Crippen LogP contribution in [0.2, 0.25) is 0 Å². The van der Waals surface area contributed by atoms with Crippen LogP contribution in [-0.2, 0) is 15.8 Å². The van der Waals surface area contributed by atoms with Crippen molar-refractivity contribution in [2.45, 2.75) is 12.8 Å². The highest BCUT2D eigenvalue weighted by Gasteiger charge is 2.17. The molecule has 1 aromatic rings. The zero-order chi connectivity index (χ0) is 11.5. The highest BCUT2D eigenvalue weighted by atomic mass is 35.7. The summed E-state index contributed by atoms with van der Waals surface area (Å²) in [6.45, 7) is 0. The number of carbonyl (C=O) groups is 1. The van der Waals surface area contributed by atoms with Crippen molar-refractivity contribution in [1.29, 1.82) is 0 Å². The maximum absolute atomic E-state index is 11.1. The van der Waals surface area contributed by atoms with Crippen LogP contribution in [0.1, 0.15) is 22.3 Å². The third-order valence-corrected chi connectivity index (χ3v) is 1.94. The Morgan fingerprint density at radius 3 is 2.27 bits per heavy atom. The first-order chi connectivity index (χ1) is 6.88. The fraction of sp³-hybridized carbons (Fsp3) is 0.222. The molecule has 0 saturated carbocycles. The highest BCUT2D eigenvalue weighted by Crippen LogP contribution is 2.20. The SMILES string of the molecule is O=C1CCc2ccccc21.O=S(=O)(O)Cl. The van der Waals surface area contributed by atoms with E-state index in [-0.39, 0.29) is 0 Å². The van der Waals surface area contributed by atoms with Gasteiger partial charge in [-0.05, 0) is 12.0 Å². The number of carbonyl (C=O) groups excluding carboxylic acids is 1. The van der Waals surface area contributed by atoms with Crippen molar-refractivity contribution in [1.82, 2.24) is 0 Å². The molecule has 15 heavy (non-hydrogen) atoms. The normalized spacial score (nSPS) is 14.1. The molecule has 0 atom stereocenters. The van der Waals surface area contributed by atoms with Gasteiger partial charge < -0.3 is 0 Å². The molecule has 0 unspecified atom stereocenters. The predicted octanol–water partition coefficient (Wildman–Crippen LogP) is 1.84. The molecule has 1 N–H and O–H groups in total. The highest BCUT2D eigenvalue weighted by molar-refractivity contribution is 8.09. The third kappa shape index (κ3) is 4.42. The van der Waals surface area contributed by atoms with Crippen LogP contribution in [0.5, 0.6) is 0 Å². The molecule has 82 valence electrons. The Kier molecular flexibility index (Phi) is 3.84. The Labute approximate surface area is 92.1 Å². The lowest BCUT2D eigenvalue weighted by atomic mass is 10.1. The van der Waals surface area contributed by atoms with Crippen LogP contribution in [-0.4, -0.2) is 18.8 Å². The number of Topliss-reactive ketones (excluding diaryl/α,β-unsaturated/α-hetero) is 1. The first kappa shape index (κ1) is 12.2. The molecule has 0 heterocycles. The van der Waals surface area contributed by atoms with Crippen LogP contribution in [0.25, 0.3) is 0 Å². The number of halogens is 1. The summed E-state index contributed by atoms with van der Waals surface area (Å²) in [5.41, 5.74) is 2.15. The minimum absolute atomic E-state index is 0.301. The van der Waals surface area contributed by atoms with Crippen molar-refractivity contribution < 1.29 is 17.8 Å². The van der Waals surface area contributed by atoms with E-state index in [0.29, 0.717) is 12.2 Å². The first-order valence-electron chi connectivity index (χ1n) is 4.16. The average molecular weight is 249 g/mol. The van der Waals surface area contributed by atoms with Gasteiger partial charge in [-0.1, -0.05) is 24.3 Å². The fourth-order valence-electron chi connectivity index (χ4n) is 1.39. The van der Waals surface area contributed by atoms with Gasteiger partial charge in [0.15, 0.2) is 5.78 Å². The van der Waals surface area contributed by atoms with Crippen molar-refractivity contribution in [2.24, 2.45) is 0 Å². The lowest BCUT2D eigenvalue weighted by molar-refractivity contribution is 0.0994. The van der Waals surface area contributed by atoms with Gasteiger partial charge in [0.25, 0.3) is 0 Å². The van der Waals surface area contributed by atoms with Gasteiger partial charge in [0.1, 0.15) is 0 Å². The smallest absolute Gasteiger partial charge is 0.294 e. The van der Waals surface area contributed by atoms with Crippen LogP contribution in [0.15, 0.2) is 24.3 Å². The van der Waals surface area contributed by atoms with Gasteiger partial charge in [0, 0.05) is 22.7 Å². The van der Waals surface area contributed by atoms with Gasteiger partial charge in [-0.3, -0.25) is 9.35 Å². The van der Waals surface area contributed by atoms with E-state index in [0.717, 1.165) is 12.0 Å². The Morgan fingerprint density at radius 1 is 1.20 bits per heavy atom. The molecule has 0 radical (unpaired) electrons. The van der Waals surface area contributed by atoms with Gasteiger partial charge in [-0.15, -0.1) is 0 Å². The van der Waals surface area contributed by atoms with Crippen molar-refractivity contribution in [3.8, 4) is 0 Å². The largest absolute Gasteiger partial charge is 0.353 e. The molecule has 0 bridgehead atoms. The molecule has 0 spiro atoms. The summed E-state index contributed by atoms with van der Waals surface area (Å²) in [5.74, 6) is 0.301. The number of aryl methyl sites for hydroxylation is 1. The molecule has 0 aromatic heterocycles. The molecule has 4 nitrogen and oxygen atoms in total. The summed E-state index contributed by atoms with van der Waals surface area (Å²) in [5, 5.41) is 0. The Bertz CT molecular complexity index is 459. The van der Waals surface area contributed by atoms with E-state index in [4.69, 9.17) is 13.0 Å². The molecule has 1 aliphatic rings. The van der Waals surface area contributed by atoms with Crippen LogP contribution in [0.3, 0.4) is 0 Å². The molecule has 6 heteroatoms. The summed E-state index contributed by atoms with van der Waals surface area (Å²) in [4.78, 5) is 11.1. The van der Waals surface area contributed by atoms with E-state index in [1.165, 1.54) is 5.56 Å². The van der Waals surface area contributed by atoms with Crippen LogP contribution in [0, 0.1) is 0 Å². The summed E-state index contributed by atoms with van der Waals surface area (Å²) < 4.78 is 25.2. The van der Waals surface area contributed by atoms with Gasteiger partial charge >= 0.3 is 9.33 Å². The lowest BCUT2D eigenvalue weighted by Gasteiger charge is -1.92. The van der Waals surface area contributed by atoms with E-state index in [2.05, 4.69) is 10.7 Å². The number of hydrogen-bond donors (Lipinski definition) is 1. The molecule has 0 fully saturated rings. The molecule has 2 rings (SSSR count). The van der Waals surface area contributed by atoms with E-state index < -0.39 is 9.33 Å². The van der Waals surface area contributed by atoms with Crippen molar-refractivity contribution in [3.63, 3.8) is 0 Å². The second-order valence-corrected chi connectivity index (χ2v) is 4.99. The maximum atomic E-state index is 11.1. The fourth-order valence-corrected chi connectivity index (χ4v) is 1.39. The van der Waals surface area contributed by atoms with Crippen LogP contribution >= 0.6 is 10.7 Å². The van der Waals surface area contributed by atoms with Crippen molar-refractivity contribution in [3.05, 3.63) is 35.4 Å². The molecule has 0 aliphatic heterocycles. The van der Waals surface area contributed by atoms with Gasteiger partial charge in [0.2, 0.25) is 0 Å². The van der Waals surface area contributed by atoms with E-state index in [1.54, 1.807) is 0 Å². The van der Waals surface area contributed by atoms with E-state index in [9.17, 15) is 4.79 Å². The quantitative estimate of drug-likeness (QED) is 0.562. The predicted molar refractivity (Wildman–Crippen MR) is 56.5 cm³/mol.